The van der Waals surface area contributed by atoms with Gasteiger partial charge in [-0.25, -0.2) is 4.39 Å². The molecule has 3 aromatic rings. The zero-order chi connectivity index (χ0) is 20.1. The predicted molar refractivity (Wildman–Crippen MR) is 106 cm³/mol. The number of primary amides is 1. The smallest absolute Gasteiger partial charge is 0.292 e. The Balaban J connectivity index is 1.75. The Kier molecular flexibility index (Phi) is 6.06. The van der Waals surface area contributed by atoms with E-state index in [1.807, 2.05) is 6.07 Å². The van der Waals surface area contributed by atoms with Crippen LogP contribution in [0.3, 0.4) is 0 Å². The van der Waals surface area contributed by atoms with Crippen LogP contribution in [-0.4, -0.2) is 22.2 Å². The summed E-state index contributed by atoms with van der Waals surface area (Å²) >= 11 is 6.20. The Morgan fingerprint density at radius 3 is 2.50 bits per heavy atom. The molecule has 8 heteroatoms. The van der Waals surface area contributed by atoms with Gasteiger partial charge in [0.05, 0.1) is 23.5 Å². The highest BCUT2D eigenvalue weighted by molar-refractivity contribution is 6.32. The van der Waals surface area contributed by atoms with E-state index in [2.05, 4.69) is 10.4 Å². The number of carbonyl (C=O) groups excluding carboxylic acids is 1. The van der Waals surface area contributed by atoms with Gasteiger partial charge in [0.25, 0.3) is 5.56 Å². The molecule has 3 rings (SSSR count). The van der Waals surface area contributed by atoms with Crippen LogP contribution in [0.2, 0.25) is 5.02 Å². The quantitative estimate of drug-likeness (QED) is 0.638. The van der Waals surface area contributed by atoms with Gasteiger partial charge in [0, 0.05) is 6.54 Å². The number of carbonyl (C=O) groups is 1. The molecule has 1 atom stereocenters. The molecule has 28 heavy (non-hydrogen) atoms. The van der Waals surface area contributed by atoms with E-state index in [1.54, 1.807) is 36.4 Å². The van der Waals surface area contributed by atoms with Crippen LogP contribution in [0.25, 0.3) is 5.69 Å². The molecule has 1 heterocycles. The summed E-state index contributed by atoms with van der Waals surface area (Å²) in [5.41, 5.74) is 6.67. The van der Waals surface area contributed by atoms with Crippen molar-refractivity contribution in [3.63, 3.8) is 0 Å². The van der Waals surface area contributed by atoms with Crippen LogP contribution in [0.5, 0.6) is 0 Å². The van der Waals surface area contributed by atoms with Crippen molar-refractivity contribution in [2.75, 3.05) is 11.9 Å². The van der Waals surface area contributed by atoms with E-state index in [0.29, 0.717) is 17.8 Å². The second kappa shape index (κ2) is 8.67. The molecule has 0 fully saturated rings. The van der Waals surface area contributed by atoms with Gasteiger partial charge in [0.2, 0.25) is 5.91 Å². The minimum Gasteiger partial charge on any atom is -0.382 e. The summed E-state index contributed by atoms with van der Waals surface area (Å²) < 4.78 is 14.2. The first-order chi connectivity index (χ1) is 13.5. The lowest BCUT2D eigenvalue weighted by molar-refractivity contribution is -0.121. The van der Waals surface area contributed by atoms with Gasteiger partial charge in [-0.05, 0) is 36.2 Å². The monoisotopic (exact) mass is 400 g/mol. The van der Waals surface area contributed by atoms with Gasteiger partial charge < -0.3 is 11.1 Å². The van der Waals surface area contributed by atoms with Crippen molar-refractivity contribution in [3.05, 3.63) is 87.6 Å². The molecule has 0 spiro atoms. The van der Waals surface area contributed by atoms with Crippen LogP contribution >= 0.6 is 11.6 Å². The van der Waals surface area contributed by atoms with Crippen LogP contribution in [0.4, 0.5) is 10.1 Å². The van der Waals surface area contributed by atoms with E-state index in [9.17, 15) is 14.0 Å². The predicted octanol–water partition coefficient (Wildman–Crippen LogP) is 2.78. The molecule has 1 aromatic heterocycles. The van der Waals surface area contributed by atoms with E-state index in [0.717, 1.165) is 5.56 Å². The minimum absolute atomic E-state index is 0.0381. The third-order valence-electron chi connectivity index (χ3n) is 4.26. The number of benzene rings is 2. The SMILES string of the molecule is NC(=O)C(CNc1cnn(-c2ccccc2)c(=O)c1Cl)Cc1ccc(F)cc1. The Morgan fingerprint density at radius 2 is 1.86 bits per heavy atom. The molecule has 1 unspecified atom stereocenters. The third kappa shape index (κ3) is 4.55. The molecule has 0 bridgehead atoms. The van der Waals surface area contributed by atoms with Crippen LogP contribution < -0.4 is 16.6 Å². The fourth-order valence-electron chi connectivity index (χ4n) is 2.72. The van der Waals surface area contributed by atoms with E-state index in [1.165, 1.54) is 23.0 Å². The van der Waals surface area contributed by atoms with Crippen molar-refractivity contribution in [1.29, 1.82) is 0 Å². The number of aromatic nitrogens is 2. The molecule has 0 aliphatic carbocycles. The normalized spacial score (nSPS) is 11.8. The van der Waals surface area contributed by atoms with E-state index >= 15 is 0 Å². The number of anilines is 1. The molecule has 1 amide bonds. The molecule has 0 saturated carbocycles. The standard InChI is InChI=1S/C20H18ClFN4O2/c21-18-17(12-25-26(20(18)28)16-4-2-1-3-5-16)24-11-14(19(23)27)10-13-6-8-15(22)9-7-13/h1-9,12,14,24H,10-11H2,(H2,23,27). The van der Waals surface area contributed by atoms with E-state index in [4.69, 9.17) is 17.3 Å². The second-order valence-corrected chi connectivity index (χ2v) is 6.61. The number of hydrogen-bond donors (Lipinski definition) is 2. The van der Waals surface area contributed by atoms with Crippen molar-refractivity contribution in [2.24, 2.45) is 11.7 Å². The number of para-hydroxylation sites is 1. The molecule has 3 N–H and O–H groups in total. The molecule has 0 saturated heterocycles. The van der Waals surface area contributed by atoms with Crippen molar-refractivity contribution in [2.45, 2.75) is 6.42 Å². The fraction of sp³-hybridized carbons (Fsp3) is 0.150. The summed E-state index contributed by atoms with van der Waals surface area (Å²) in [5, 5.41) is 7.05. The van der Waals surface area contributed by atoms with Gasteiger partial charge >= 0.3 is 0 Å². The molecule has 0 radical (unpaired) electrons. The lowest BCUT2D eigenvalue weighted by Crippen LogP contribution is -2.32. The highest BCUT2D eigenvalue weighted by Gasteiger charge is 2.18. The van der Waals surface area contributed by atoms with Gasteiger partial charge in [-0.3, -0.25) is 9.59 Å². The molecule has 2 aromatic carbocycles. The first-order valence-corrected chi connectivity index (χ1v) is 8.94. The molecule has 0 aliphatic rings. The Bertz CT molecular complexity index is 1020. The highest BCUT2D eigenvalue weighted by atomic mass is 35.5. The van der Waals surface area contributed by atoms with Crippen LogP contribution in [0.1, 0.15) is 5.56 Å². The van der Waals surface area contributed by atoms with Gasteiger partial charge in [0.1, 0.15) is 10.8 Å². The van der Waals surface area contributed by atoms with Crippen LogP contribution in [0.15, 0.2) is 65.6 Å². The summed E-state index contributed by atoms with van der Waals surface area (Å²) in [6.45, 7) is 0.156. The lowest BCUT2D eigenvalue weighted by Gasteiger charge is -2.16. The topological polar surface area (TPSA) is 90.0 Å². The number of nitrogens with two attached hydrogens (primary N) is 1. The zero-order valence-corrected chi connectivity index (χ0v) is 15.6. The molecule has 6 nitrogen and oxygen atoms in total. The van der Waals surface area contributed by atoms with Gasteiger partial charge in [-0.1, -0.05) is 41.9 Å². The first kappa shape index (κ1) is 19.6. The van der Waals surface area contributed by atoms with Crippen molar-refractivity contribution >= 4 is 23.2 Å². The summed E-state index contributed by atoms with van der Waals surface area (Å²) in [4.78, 5) is 24.3. The van der Waals surface area contributed by atoms with Crippen LogP contribution in [-0.2, 0) is 11.2 Å². The summed E-state index contributed by atoms with van der Waals surface area (Å²) in [6, 6.07) is 14.7. The van der Waals surface area contributed by atoms with Crippen molar-refractivity contribution < 1.29 is 9.18 Å². The number of nitrogens with zero attached hydrogens (tertiary/aromatic N) is 2. The molecule has 144 valence electrons. The Hall–Kier alpha value is -3.19. The second-order valence-electron chi connectivity index (χ2n) is 6.24. The van der Waals surface area contributed by atoms with E-state index < -0.39 is 17.4 Å². The summed E-state index contributed by atoms with van der Waals surface area (Å²) in [7, 11) is 0. The third-order valence-corrected chi connectivity index (χ3v) is 4.62. The number of hydrogen-bond acceptors (Lipinski definition) is 4. The number of rotatable bonds is 7. The van der Waals surface area contributed by atoms with Gasteiger partial charge in [-0.15, -0.1) is 0 Å². The molecule has 0 aliphatic heterocycles. The fourth-order valence-corrected chi connectivity index (χ4v) is 2.92. The molecular formula is C20H18ClFN4O2. The van der Waals surface area contributed by atoms with Gasteiger partial charge in [-0.2, -0.15) is 9.78 Å². The summed E-state index contributed by atoms with van der Waals surface area (Å²) in [5.74, 6) is -1.44. The van der Waals surface area contributed by atoms with Crippen LogP contribution in [0, 0.1) is 11.7 Å². The maximum Gasteiger partial charge on any atom is 0.292 e. The highest BCUT2D eigenvalue weighted by Crippen LogP contribution is 2.18. The largest absolute Gasteiger partial charge is 0.382 e. The molecular weight excluding hydrogens is 383 g/mol. The zero-order valence-electron chi connectivity index (χ0n) is 14.8. The number of nitrogens with one attached hydrogen (secondary N) is 1. The van der Waals surface area contributed by atoms with Crippen molar-refractivity contribution in [3.8, 4) is 5.69 Å². The van der Waals surface area contributed by atoms with Crippen molar-refractivity contribution in [1.82, 2.24) is 9.78 Å². The number of amides is 1. The van der Waals surface area contributed by atoms with Gasteiger partial charge in [0.15, 0.2) is 0 Å². The number of halogens is 2. The average Bonchev–Trinajstić information content (AvgIpc) is 2.70. The summed E-state index contributed by atoms with van der Waals surface area (Å²) in [6.07, 6.45) is 1.75. The Morgan fingerprint density at radius 1 is 1.18 bits per heavy atom. The maximum atomic E-state index is 13.0. The minimum atomic E-state index is -0.571. The first-order valence-electron chi connectivity index (χ1n) is 8.56. The average molecular weight is 401 g/mol. The maximum absolute atomic E-state index is 13.0. The lowest BCUT2D eigenvalue weighted by atomic mass is 9.98. The Labute approximate surface area is 165 Å². The van der Waals surface area contributed by atoms with E-state index in [-0.39, 0.29) is 17.4 Å².